The molecule has 0 saturated carbocycles. The molecule has 0 atom stereocenters. The van der Waals surface area contributed by atoms with Gasteiger partial charge in [-0.25, -0.2) is 0 Å². The van der Waals surface area contributed by atoms with Crippen molar-refractivity contribution in [3.63, 3.8) is 0 Å². The highest BCUT2D eigenvalue weighted by Crippen LogP contribution is 2.26. The second-order valence-electron chi connectivity index (χ2n) is 7.30. The lowest BCUT2D eigenvalue weighted by Gasteiger charge is -2.14. The number of aromatic nitrogens is 6. The van der Waals surface area contributed by atoms with Gasteiger partial charge in [0, 0.05) is 43.8 Å². The largest absolute Gasteiger partial charge is 0.299 e. The van der Waals surface area contributed by atoms with Crippen LogP contribution < -0.4 is 5.49 Å². The number of fused-ring (bicyclic) bond motifs is 1. The Morgan fingerprint density at radius 1 is 1.03 bits per heavy atom. The van der Waals surface area contributed by atoms with Crippen LogP contribution in [0.15, 0.2) is 77.6 Å². The van der Waals surface area contributed by atoms with Gasteiger partial charge in [0.1, 0.15) is 16.5 Å². The zero-order chi connectivity index (χ0) is 23.2. The molecule has 5 aromatic heterocycles. The Morgan fingerprint density at radius 3 is 2.58 bits per heavy atom. The number of aryl methyl sites for hydroxylation is 1. The van der Waals surface area contributed by atoms with Gasteiger partial charge in [0.2, 0.25) is 0 Å². The number of pyridine rings is 2. The number of hydrogen-bond acceptors (Lipinski definition) is 7. The van der Waals surface area contributed by atoms with Gasteiger partial charge in [-0.15, -0.1) is 0 Å². The quantitative estimate of drug-likeness (QED) is 0.387. The first-order valence-corrected chi connectivity index (χ1v) is 12.2. The van der Waals surface area contributed by atoms with E-state index in [1.165, 1.54) is 10.8 Å². The van der Waals surface area contributed by atoms with Crippen LogP contribution in [0.5, 0.6) is 0 Å². The lowest BCUT2D eigenvalue weighted by molar-refractivity contribution is 0.590. The van der Waals surface area contributed by atoms with Crippen LogP contribution in [-0.2, 0) is 17.1 Å². The minimum atomic E-state index is -4.13. The summed E-state index contributed by atoms with van der Waals surface area (Å²) < 4.78 is 31.3. The maximum atomic E-state index is 13.6. The Morgan fingerprint density at radius 2 is 1.88 bits per heavy atom. The van der Waals surface area contributed by atoms with E-state index in [0.29, 0.717) is 16.5 Å². The zero-order valence-corrected chi connectivity index (χ0v) is 19.5. The third kappa shape index (κ3) is 3.60. The van der Waals surface area contributed by atoms with E-state index in [1.54, 1.807) is 53.8 Å². The van der Waals surface area contributed by atoms with Gasteiger partial charge < -0.3 is 0 Å². The molecular weight excluding hydrogens is 458 g/mol. The van der Waals surface area contributed by atoms with Crippen LogP contribution in [0.25, 0.3) is 38.3 Å². The van der Waals surface area contributed by atoms with Crippen molar-refractivity contribution in [2.75, 3.05) is 7.05 Å². The molecule has 0 bridgehead atoms. The minimum Gasteiger partial charge on any atom is -0.290 e. The van der Waals surface area contributed by atoms with E-state index in [-0.39, 0.29) is 5.03 Å². The van der Waals surface area contributed by atoms with Crippen LogP contribution in [0.3, 0.4) is 0 Å². The molecule has 0 fully saturated rings. The van der Waals surface area contributed by atoms with Gasteiger partial charge >= 0.3 is 0 Å². The van der Waals surface area contributed by atoms with Gasteiger partial charge in [0.05, 0.1) is 12.4 Å². The van der Waals surface area contributed by atoms with Crippen molar-refractivity contribution in [2.24, 2.45) is 12.0 Å². The van der Waals surface area contributed by atoms with E-state index in [0.717, 1.165) is 26.3 Å². The smallest absolute Gasteiger partial charge is 0.290 e. The molecule has 0 aliphatic carbocycles. The monoisotopic (exact) mass is 477 g/mol. The summed E-state index contributed by atoms with van der Waals surface area (Å²) in [6.45, 7) is 3.90. The molecule has 5 heterocycles. The molecule has 0 aliphatic rings. The fourth-order valence-electron chi connectivity index (χ4n) is 3.50. The minimum absolute atomic E-state index is 0.169. The van der Waals surface area contributed by atoms with Gasteiger partial charge in [0.15, 0.2) is 5.03 Å². The van der Waals surface area contributed by atoms with Crippen LogP contribution in [0, 0.1) is 0 Å². The maximum Gasteiger partial charge on any atom is 0.299 e. The summed E-state index contributed by atoms with van der Waals surface area (Å²) in [6.07, 6.45) is 8.33. The summed E-state index contributed by atoms with van der Waals surface area (Å²) in [7, 11) is -0.719. The normalized spacial score (nSPS) is 12.5. The molecule has 0 amide bonds. The molecule has 166 valence electrons. The van der Waals surface area contributed by atoms with Crippen molar-refractivity contribution in [2.45, 2.75) is 0 Å². The second kappa shape index (κ2) is 7.94. The van der Waals surface area contributed by atoms with Crippen molar-refractivity contribution < 1.29 is 8.42 Å². The number of hydrogen-bond donors (Lipinski definition) is 0. The first-order valence-electron chi connectivity index (χ1n) is 9.84. The highest BCUT2D eigenvalue weighted by molar-refractivity contribution is 7.98. The van der Waals surface area contributed by atoms with Crippen molar-refractivity contribution in [3.05, 3.63) is 78.1 Å². The summed E-state index contributed by atoms with van der Waals surface area (Å²) in [5.74, 6) is 0. The third-order valence-electron chi connectivity index (χ3n) is 5.23. The number of thiophene rings is 1. The standard InChI is InChI=1S/C22H19N7O2S2/c1-15(28-13-16(4-5-22(28)23-2)17-6-7-32-14-17)33(30,31)29-21-8-18(9-24-20(21)11-26-29)19-10-25-27(3)12-19/h4-14H,1H2,2-3H3. The van der Waals surface area contributed by atoms with Gasteiger partial charge in [-0.1, -0.05) is 6.58 Å². The van der Waals surface area contributed by atoms with Crippen molar-refractivity contribution >= 4 is 37.4 Å². The third-order valence-corrected chi connectivity index (χ3v) is 7.45. The summed E-state index contributed by atoms with van der Waals surface area (Å²) in [5.41, 5.74) is 4.64. The van der Waals surface area contributed by atoms with E-state index < -0.39 is 10.0 Å². The van der Waals surface area contributed by atoms with E-state index in [2.05, 4.69) is 26.8 Å². The van der Waals surface area contributed by atoms with Crippen LogP contribution in [0.2, 0.25) is 0 Å². The van der Waals surface area contributed by atoms with Crippen molar-refractivity contribution in [1.29, 1.82) is 0 Å². The van der Waals surface area contributed by atoms with E-state index in [9.17, 15) is 8.42 Å². The number of rotatable bonds is 5. The van der Waals surface area contributed by atoms with Gasteiger partial charge in [-0.2, -0.15) is 34.0 Å². The predicted octanol–water partition coefficient (Wildman–Crippen LogP) is 3.20. The van der Waals surface area contributed by atoms with Crippen LogP contribution in [0.1, 0.15) is 0 Å². The van der Waals surface area contributed by atoms with Gasteiger partial charge in [0.25, 0.3) is 10.0 Å². The fraction of sp³-hybridized carbons (Fsp3) is 0.0909. The Hall–Kier alpha value is -3.83. The van der Waals surface area contributed by atoms with Crippen molar-refractivity contribution in [1.82, 2.24) is 28.5 Å². The molecule has 0 unspecified atom stereocenters. The predicted molar refractivity (Wildman–Crippen MR) is 129 cm³/mol. The highest BCUT2D eigenvalue weighted by atomic mass is 32.2. The van der Waals surface area contributed by atoms with Crippen molar-refractivity contribution in [3.8, 4) is 22.3 Å². The maximum absolute atomic E-state index is 13.6. The topological polar surface area (TPSA) is 100.0 Å². The Labute approximate surface area is 193 Å². The van der Waals surface area contributed by atoms with Crippen LogP contribution in [-0.4, -0.2) is 44.0 Å². The lowest BCUT2D eigenvalue weighted by Crippen LogP contribution is -2.26. The molecule has 0 aliphatic heterocycles. The van der Waals surface area contributed by atoms with Crippen LogP contribution in [0.4, 0.5) is 0 Å². The van der Waals surface area contributed by atoms with E-state index in [4.69, 9.17) is 0 Å². The van der Waals surface area contributed by atoms with Crippen LogP contribution >= 0.6 is 11.3 Å². The van der Waals surface area contributed by atoms with E-state index in [1.807, 2.05) is 36.1 Å². The summed E-state index contributed by atoms with van der Waals surface area (Å²) in [6, 6.07) is 7.36. The van der Waals surface area contributed by atoms with E-state index >= 15 is 0 Å². The molecule has 0 radical (unpaired) electrons. The molecule has 0 spiro atoms. The Kier molecular flexibility index (Phi) is 5.06. The second-order valence-corrected chi connectivity index (χ2v) is 9.85. The molecule has 0 aromatic carbocycles. The molecule has 11 heteroatoms. The van der Waals surface area contributed by atoms with Gasteiger partial charge in [-0.05, 0) is 46.2 Å². The summed E-state index contributed by atoms with van der Waals surface area (Å²) >= 11 is 1.56. The lowest BCUT2D eigenvalue weighted by atomic mass is 10.1. The Bertz CT molecular complexity index is 1670. The molecule has 33 heavy (non-hydrogen) atoms. The molecular formula is C22H19N7O2S2. The first kappa shape index (κ1) is 21.0. The fourth-order valence-corrected chi connectivity index (χ4v) is 5.34. The SMILES string of the molecule is C=C(n1cc(-c2ccsc2)ccc1=NC)S(=O)(=O)n1ncc2ncc(-c3cnn(C)c3)cc21. The highest BCUT2D eigenvalue weighted by Gasteiger charge is 2.24. The molecule has 0 saturated heterocycles. The summed E-state index contributed by atoms with van der Waals surface area (Å²) in [4.78, 5) is 8.59. The average Bonchev–Trinajstić information content (AvgIpc) is 3.58. The molecule has 5 aromatic rings. The first-order chi connectivity index (χ1) is 15.9. The average molecular weight is 478 g/mol. The molecule has 5 rings (SSSR count). The summed E-state index contributed by atoms with van der Waals surface area (Å²) in [5, 5.41) is 12.1. The number of nitrogens with zero attached hydrogens (tertiary/aromatic N) is 7. The molecule has 9 nitrogen and oxygen atoms in total. The van der Waals surface area contributed by atoms with Gasteiger partial charge in [-0.3, -0.25) is 19.2 Å². The Balaban J connectivity index is 1.63. The molecule has 0 N–H and O–H groups in total. The zero-order valence-electron chi connectivity index (χ0n) is 17.8.